The Morgan fingerprint density at radius 3 is 2.33 bits per heavy atom. The molecular formula is C26H46IN5O. The van der Waals surface area contributed by atoms with Gasteiger partial charge in [-0.05, 0) is 70.1 Å². The third-order valence-electron chi connectivity index (χ3n) is 6.64. The third-order valence-corrected chi connectivity index (χ3v) is 6.64. The van der Waals surface area contributed by atoms with E-state index in [1.165, 1.54) is 37.2 Å². The van der Waals surface area contributed by atoms with Gasteiger partial charge in [0.1, 0.15) is 0 Å². The molecule has 33 heavy (non-hydrogen) atoms. The number of likely N-dealkylation sites (tertiary alicyclic amines) is 1. The number of hydrogen-bond donors (Lipinski definition) is 2. The first-order valence-corrected chi connectivity index (χ1v) is 12.8. The number of benzene rings is 1. The van der Waals surface area contributed by atoms with Crippen LogP contribution in [0.1, 0.15) is 58.9 Å². The molecule has 2 saturated heterocycles. The number of ether oxygens (including phenoxy) is 1. The predicted molar refractivity (Wildman–Crippen MR) is 151 cm³/mol. The van der Waals surface area contributed by atoms with Crippen LogP contribution in [0.25, 0.3) is 0 Å². The van der Waals surface area contributed by atoms with Crippen molar-refractivity contribution in [2.75, 3.05) is 50.8 Å². The Balaban J connectivity index is 0.00000385. The van der Waals surface area contributed by atoms with Gasteiger partial charge in [0.05, 0.1) is 19.3 Å². The summed E-state index contributed by atoms with van der Waals surface area (Å²) in [5, 5.41) is 7.08. The summed E-state index contributed by atoms with van der Waals surface area (Å²) in [6.45, 7) is 16.7. The maximum atomic E-state index is 5.70. The molecule has 1 aromatic carbocycles. The fourth-order valence-corrected chi connectivity index (χ4v) is 4.48. The molecule has 0 saturated carbocycles. The van der Waals surface area contributed by atoms with Crippen LogP contribution in [0.5, 0.6) is 0 Å². The molecule has 2 aliphatic rings. The average Bonchev–Trinajstić information content (AvgIpc) is 2.79. The van der Waals surface area contributed by atoms with Crippen LogP contribution in [0.3, 0.4) is 0 Å². The molecule has 0 radical (unpaired) electrons. The molecule has 1 aromatic rings. The van der Waals surface area contributed by atoms with E-state index in [2.05, 4.69) is 72.4 Å². The smallest absolute Gasteiger partial charge is 0.191 e. The van der Waals surface area contributed by atoms with Gasteiger partial charge in [-0.25, -0.2) is 4.99 Å². The molecule has 0 amide bonds. The van der Waals surface area contributed by atoms with Gasteiger partial charge in [-0.3, -0.25) is 0 Å². The highest BCUT2D eigenvalue weighted by atomic mass is 127. The number of nitrogens with zero attached hydrogens (tertiary/aromatic N) is 3. The number of anilines is 1. The standard InChI is InChI=1S/C26H45N5O.HI/c1-5-27-26(29-24-12-14-30(15-13-24)18-19-32-21(2)3)28-20-23-6-8-25(9-7-23)31-16-10-22(4)11-17-31;/h6-9,21-22,24H,5,10-20H2,1-4H3,(H2,27,28,29);1H. The van der Waals surface area contributed by atoms with Crippen molar-refractivity contribution in [2.45, 2.75) is 72.1 Å². The van der Waals surface area contributed by atoms with Crippen LogP contribution in [-0.2, 0) is 11.3 Å². The summed E-state index contributed by atoms with van der Waals surface area (Å²) in [5.41, 5.74) is 2.61. The maximum absolute atomic E-state index is 5.70. The predicted octanol–water partition coefficient (Wildman–Crippen LogP) is 4.49. The second-order valence-electron chi connectivity index (χ2n) is 9.71. The second kappa shape index (κ2) is 15.0. The lowest BCUT2D eigenvalue weighted by Crippen LogP contribution is -2.49. The van der Waals surface area contributed by atoms with Crippen molar-refractivity contribution in [1.29, 1.82) is 0 Å². The Morgan fingerprint density at radius 2 is 1.73 bits per heavy atom. The Labute approximate surface area is 218 Å². The first-order chi connectivity index (χ1) is 15.5. The minimum Gasteiger partial charge on any atom is -0.377 e. The van der Waals surface area contributed by atoms with Crippen molar-refractivity contribution in [3.63, 3.8) is 0 Å². The molecule has 0 atom stereocenters. The minimum atomic E-state index is 0. The highest BCUT2D eigenvalue weighted by Gasteiger charge is 2.20. The van der Waals surface area contributed by atoms with E-state index >= 15 is 0 Å². The van der Waals surface area contributed by atoms with Gasteiger partial charge < -0.3 is 25.2 Å². The Hall–Kier alpha value is -1.06. The van der Waals surface area contributed by atoms with Gasteiger partial charge in [0.25, 0.3) is 0 Å². The maximum Gasteiger partial charge on any atom is 0.191 e. The number of nitrogens with one attached hydrogen (secondary N) is 2. The van der Waals surface area contributed by atoms with Crippen molar-refractivity contribution >= 4 is 35.6 Å². The van der Waals surface area contributed by atoms with Crippen molar-refractivity contribution < 1.29 is 4.74 Å². The number of guanidine groups is 1. The topological polar surface area (TPSA) is 52.1 Å². The normalized spacial score (nSPS) is 18.9. The zero-order chi connectivity index (χ0) is 22.8. The molecule has 0 spiro atoms. The minimum absolute atomic E-state index is 0. The van der Waals surface area contributed by atoms with Crippen LogP contribution < -0.4 is 15.5 Å². The molecular weight excluding hydrogens is 525 g/mol. The van der Waals surface area contributed by atoms with Crippen LogP contribution in [0.2, 0.25) is 0 Å². The van der Waals surface area contributed by atoms with Crippen molar-refractivity contribution in [1.82, 2.24) is 15.5 Å². The van der Waals surface area contributed by atoms with Crippen LogP contribution >= 0.6 is 24.0 Å². The molecule has 6 nitrogen and oxygen atoms in total. The number of hydrogen-bond acceptors (Lipinski definition) is 4. The molecule has 0 unspecified atom stereocenters. The lowest BCUT2D eigenvalue weighted by molar-refractivity contribution is 0.0532. The average molecular weight is 572 g/mol. The second-order valence-corrected chi connectivity index (χ2v) is 9.71. The number of aliphatic imine (C=N–C) groups is 1. The highest BCUT2D eigenvalue weighted by Crippen LogP contribution is 2.23. The summed E-state index contributed by atoms with van der Waals surface area (Å²) < 4.78 is 5.70. The largest absolute Gasteiger partial charge is 0.377 e. The summed E-state index contributed by atoms with van der Waals surface area (Å²) >= 11 is 0. The number of piperidine rings is 2. The van der Waals surface area contributed by atoms with Gasteiger partial charge in [0.2, 0.25) is 0 Å². The monoisotopic (exact) mass is 571 g/mol. The van der Waals surface area contributed by atoms with Gasteiger partial charge in [-0.15, -0.1) is 24.0 Å². The van der Waals surface area contributed by atoms with E-state index in [1.807, 2.05) is 0 Å². The Bertz CT molecular complexity index is 680. The Kier molecular flexibility index (Phi) is 12.8. The Morgan fingerprint density at radius 1 is 1.06 bits per heavy atom. The lowest BCUT2D eigenvalue weighted by atomic mass is 9.99. The quantitative estimate of drug-likeness (QED) is 0.260. The van der Waals surface area contributed by atoms with Gasteiger partial charge in [-0.1, -0.05) is 19.1 Å². The third kappa shape index (κ3) is 9.99. The number of halogens is 1. The van der Waals surface area contributed by atoms with Crippen LogP contribution in [0, 0.1) is 5.92 Å². The van der Waals surface area contributed by atoms with E-state index in [0.29, 0.717) is 18.7 Å². The summed E-state index contributed by atoms with van der Waals surface area (Å²) in [4.78, 5) is 9.89. The first-order valence-electron chi connectivity index (χ1n) is 12.8. The van der Waals surface area contributed by atoms with Gasteiger partial charge in [0, 0.05) is 51.0 Å². The van der Waals surface area contributed by atoms with E-state index in [9.17, 15) is 0 Å². The van der Waals surface area contributed by atoms with E-state index in [0.717, 1.165) is 57.5 Å². The summed E-state index contributed by atoms with van der Waals surface area (Å²) in [5.74, 6) is 1.80. The van der Waals surface area contributed by atoms with E-state index < -0.39 is 0 Å². The molecule has 0 aliphatic carbocycles. The van der Waals surface area contributed by atoms with Crippen LogP contribution in [-0.4, -0.2) is 68.9 Å². The fourth-order valence-electron chi connectivity index (χ4n) is 4.48. The van der Waals surface area contributed by atoms with E-state index in [1.54, 1.807) is 0 Å². The van der Waals surface area contributed by atoms with Crippen molar-refractivity contribution in [3.05, 3.63) is 29.8 Å². The molecule has 188 valence electrons. The molecule has 2 N–H and O–H groups in total. The molecule has 2 fully saturated rings. The van der Waals surface area contributed by atoms with Crippen LogP contribution in [0.4, 0.5) is 5.69 Å². The highest BCUT2D eigenvalue weighted by molar-refractivity contribution is 14.0. The molecule has 2 aliphatic heterocycles. The van der Waals surface area contributed by atoms with Gasteiger partial charge >= 0.3 is 0 Å². The SMILES string of the molecule is CCNC(=NCc1ccc(N2CCC(C)CC2)cc1)NC1CCN(CCOC(C)C)CC1.I. The van der Waals surface area contributed by atoms with Gasteiger partial charge in [0.15, 0.2) is 5.96 Å². The summed E-state index contributed by atoms with van der Waals surface area (Å²) in [6.07, 6.45) is 5.21. The van der Waals surface area contributed by atoms with Crippen molar-refractivity contribution in [3.8, 4) is 0 Å². The van der Waals surface area contributed by atoms with Gasteiger partial charge in [-0.2, -0.15) is 0 Å². The fraction of sp³-hybridized carbons (Fsp3) is 0.731. The number of rotatable bonds is 9. The molecule has 2 heterocycles. The first kappa shape index (κ1) is 28.2. The zero-order valence-electron chi connectivity index (χ0n) is 21.2. The van der Waals surface area contributed by atoms with Crippen molar-refractivity contribution in [2.24, 2.45) is 10.9 Å². The van der Waals surface area contributed by atoms with E-state index in [4.69, 9.17) is 9.73 Å². The zero-order valence-corrected chi connectivity index (χ0v) is 23.5. The molecule has 0 bridgehead atoms. The lowest BCUT2D eigenvalue weighted by Gasteiger charge is -2.33. The molecule has 0 aromatic heterocycles. The van der Waals surface area contributed by atoms with Crippen LogP contribution in [0.15, 0.2) is 29.3 Å². The molecule has 7 heteroatoms. The summed E-state index contributed by atoms with van der Waals surface area (Å²) in [6, 6.07) is 9.48. The molecule has 3 rings (SSSR count). The summed E-state index contributed by atoms with van der Waals surface area (Å²) in [7, 11) is 0. The van der Waals surface area contributed by atoms with E-state index in [-0.39, 0.29) is 24.0 Å².